The normalized spacial score (nSPS) is 18.5. The van der Waals surface area contributed by atoms with Crippen LogP contribution in [0.2, 0.25) is 0 Å². The second-order valence-electron chi connectivity index (χ2n) is 8.62. The van der Waals surface area contributed by atoms with E-state index in [-0.39, 0.29) is 17.7 Å². The number of phenolic OH excluding ortho intramolecular Hbond substituents is 1. The summed E-state index contributed by atoms with van der Waals surface area (Å²) < 4.78 is 5.50. The summed E-state index contributed by atoms with van der Waals surface area (Å²) in [6, 6.07) is 5.12. The molecule has 3 aliphatic heterocycles. The number of rotatable bonds is 3. The third-order valence-corrected chi connectivity index (χ3v) is 7.12. The number of nitrogens with zero attached hydrogens (tertiary/aromatic N) is 3. The first-order valence-electron chi connectivity index (χ1n) is 12.1. The molecule has 182 valence electrons. The number of aromatic nitrogens is 1. The molecule has 3 aliphatic rings. The van der Waals surface area contributed by atoms with Gasteiger partial charge in [0.1, 0.15) is 11.5 Å². The Morgan fingerprint density at radius 1 is 1.24 bits per heavy atom. The number of nitrogens with one attached hydrogen (secondary N) is 1. The number of H-pyrrole nitrogens is 1. The van der Waals surface area contributed by atoms with E-state index in [0.29, 0.717) is 56.8 Å². The molecule has 1 spiro atoms. The molecule has 0 aliphatic carbocycles. The van der Waals surface area contributed by atoms with E-state index in [1.54, 1.807) is 37.7 Å². The molecule has 5 rings (SSSR count). The van der Waals surface area contributed by atoms with Gasteiger partial charge in [-0.2, -0.15) is 0 Å². The second kappa shape index (κ2) is 9.44. The standard InChI is InChI=1S/C24H28N4O4.C2H6/c1-3-28-23(31)27-15-17-12-18(29)13-20(32-2)19(17)4-5-21(27)24(28)7-10-26(11-8-24)22(30)16-6-9-25-14-16;1-2/h5-6,9,12-14,25,29H,3-4,7-8,10-11,15H2,1-2H3;1-2H3. The number of methoxy groups -OCH3 is 1. The summed E-state index contributed by atoms with van der Waals surface area (Å²) >= 11 is 0. The number of carbonyl (C=O) groups excluding carboxylic acids is 2. The SMILES string of the molecule is CC.CCN1C(=O)N2Cc3cc(O)cc(OC)c3CC=C2C12CCN(C(=O)c1cc[nH]c1)CC2. The quantitative estimate of drug-likeness (QED) is 0.712. The maximum Gasteiger partial charge on any atom is 0.325 e. The highest BCUT2D eigenvalue weighted by Crippen LogP contribution is 2.46. The minimum atomic E-state index is -0.419. The monoisotopic (exact) mass is 466 g/mol. The predicted molar refractivity (Wildman–Crippen MR) is 130 cm³/mol. The summed E-state index contributed by atoms with van der Waals surface area (Å²) in [6.07, 6.45) is 7.64. The van der Waals surface area contributed by atoms with E-state index in [2.05, 4.69) is 11.1 Å². The number of phenols is 1. The number of aromatic amines is 1. The summed E-state index contributed by atoms with van der Waals surface area (Å²) in [5.41, 5.74) is 3.15. The molecule has 34 heavy (non-hydrogen) atoms. The third-order valence-electron chi connectivity index (χ3n) is 7.12. The van der Waals surface area contributed by atoms with Crippen molar-refractivity contribution in [3.63, 3.8) is 0 Å². The lowest BCUT2D eigenvalue weighted by molar-refractivity contribution is 0.0576. The van der Waals surface area contributed by atoms with Crippen molar-refractivity contribution in [3.05, 3.63) is 59.1 Å². The minimum Gasteiger partial charge on any atom is -0.508 e. The molecule has 0 radical (unpaired) electrons. The number of amides is 3. The number of hydrogen-bond acceptors (Lipinski definition) is 4. The van der Waals surface area contributed by atoms with E-state index in [9.17, 15) is 14.7 Å². The highest BCUT2D eigenvalue weighted by atomic mass is 16.5. The van der Waals surface area contributed by atoms with Crippen LogP contribution < -0.4 is 4.74 Å². The van der Waals surface area contributed by atoms with Crippen molar-refractivity contribution < 1.29 is 19.4 Å². The van der Waals surface area contributed by atoms with Gasteiger partial charge in [0, 0.05) is 49.4 Å². The molecule has 0 bridgehead atoms. The molecule has 2 aromatic rings. The van der Waals surface area contributed by atoms with E-state index < -0.39 is 5.54 Å². The highest BCUT2D eigenvalue weighted by Gasteiger charge is 2.54. The molecule has 8 nitrogen and oxygen atoms in total. The Morgan fingerprint density at radius 2 is 1.97 bits per heavy atom. The molecule has 4 heterocycles. The minimum absolute atomic E-state index is 0.0145. The zero-order chi connectivity index (χ0) is 24.5. The van der Waals surface area contributed by atoms with Crippen molar-refractivity contribution in [3.8, 4) is 11.5 Å². The Morgan fingerprint density at radius 3 is 2.59 bits per heavy atom. The number of likely N-dealkylation sites (tertiary alicyclic amines) is 1. The van der Waals surface area contributed by atoms with Crippen LogP contribution in [0.4, 0.5) is 4.79 Å². The lowest BCUT2D eigenvalue weighted by atomic mass is 9.83. The lowest BCUT2D eigenvalue weighted by Crippen LogP contribution is -2.54. The number of likely N-dealkylation sites (N-methyl/N-ethyl adjacent to an activating group) is 1. The zero-order valence-corrected chi connectivity index (χ0v) is 20.4. The first-order chi connectivity index (χ1) is 16.5. The summed E-state index contributed by atoms with van der Waals surface area (Å²) in [4.78, 5) is 34.9. The van der Waals surface area contributed by atoms with Crippen LogP contribution in [-0.2, 0) is 13.0 Å². The number of ether oxygens (including phenoxy) is 1. The maximum absolute atomic E-state index is 13.5. The number of benzene rings is 1. The topological polar surface area (TPSA) is 89.1 Å². The molecule has 2 N–H and O–H groups in total. The molecule has 2 saturated heterocycles. The van der Waals surface area contributed by atoms with E-state index in [4.69, 9.17) is 4.74 Å². The van der Waals surface area contributed by atoms with Gasteiger partial charge in [-0.05, 0) is 43.9 Å². The molecule has 0 unspecified atom stereocenters. The van der Waals surface area contributed by atoms with Gasteiger partial charge in [0.2, 0.25) is 0 Å². The van der Waals surface area contributed by atoms with E-state index in [1.165, 1.54) is 0 Å². The van der Waals surface area contributed by atoms with Crippen molar-refractivity contribution in [1.82, 2.24) is 19.7 Å². The van der Waals surface area contributed by atoms with Crippen LogP contribution >= 0.6 is 0 Å². The fourth-order valence-electron chi connectivity index (χ4n) is 5.57. The number of piperidine rings is 1. The number of fused-ring (bicyclic) bond motifs is 3. The highest BCUT2D eigenvalue weighted by molar-refractivity contribution is 5.94. The Balaban J connectivity index is 0.00000133. The summed E-state index contributed by atoms with van der Waals surface area (Å²) in [6.45, 7) is 8.20. The van der Waals surface area contributed by atoms with Gasteiger partial charge < -0.3 is 24.6 Å². The largest absolute Gasteiger partial charge is 0.508 e. The first kappa shape index (κ1) is 23.7. The summed E-state index contributed by atoms with van der Waals surface area (Å²) in [5.74, 6) is 0.793. The summed E-state index contributed by atoms with van der Waals surface area (Å²) in [7, 11) is 1.59. The van der Waals surface area contributed by atoms with Crippen molar-refractivity contribution in [1.29, 1.82) is 0 Å². The van der Waals surface area contributed by atoms with Crippen LogP contribution in [0.3, 0.4) is 0 Å². The van der Waals surface area contributed by atoms with Crippen molar-refractivity contribution in [2.24, 2.45) is 0 Å². The smallest absolute Gasteiger partial charge is 0.325 e. The number of urea groups is 1. The average molecular weight is 467 g/mol. The van der Waals surface area contributed by atoms with Gasteiger partial charge in [0.05, 0.1) is 24.8 Å². The van der Waals surface area contributed by atoms with Crippen LogP contribution in [0.1, 0.15) is 55.1 Å². The van der Waals surface area contributed by atoms with Gasteiger partial charge >= 0.3 is 6.03 Å². The van der Waals surface area contributed by atoms with E-state index in [1.807, 2.05) is 35.5 Å². The van der Waals surface area contributed by atoms with Crippen LogP contribution in [0, 0.1) is 0 Å². The van der Waals surface area contributed by atoms with Gasteiger partial charge in [-0.25, -0.2) is 4.79 Å². The van der Waals surface area contributed by atoms with Gasteiger partial charge in [0.25, 0.3) is 5.91 Å². The number of allylic oxidation sites excluding steroid dienone is 1. The fraction of sp³-hybridized carbons (Fsp3) is 0.462. The molecular weight excluding hydrogens is 432 g/mol. The van der Waals surface area contributed by atoms with Crippen molar-refractivity contribution >= 4 is 11.9 Å². The number of hydrogen-bond donors (Lipinski definition) is 2. The summed E-state index contributed by atoms with van der Waals surface area (Å²) in [5, 5.41) is 10.1. The maximum atomic E-state index is 13.5. The van der Waals surface area contributed by atoms with Crippen LogP contribution in [-0.4, -0.2) is 69.0 Å². The fourth-order valence-corrected chi connectivity index (χ4v) is 5.57. The van der Waals surface area contributed by atoms with Crippen molar-refractivity contribution in [2.75, 3.05) is 26.7 Å². The Hall–Kier alpha value is -3.42. The molecule has 0 atom stereocenters. The van der Waals surface area contributed by atoms with Gasteiger partial charge in [-0.3, -0.25) is 9.69 Å². The van der Waals surface area contributed by atoms with Gasteiger partial charge in [-0.1, -0.05) is 19.9 Å². The Kier molecular flexibility index (Phi) is 6.59. The third kappa shape index (κ3) is 3.71. The Bertz CT molecular complexity index is 1080. The van der Waals surface area contributed by atoms with Crippen LogP contribution in [0.25, 0.3) is 0 Å². The predicted octanol–water partition coefficient (Wildman–Crippen LogP) is 4.13. The van der Waals surface area contributed by atoms with Gasteiger partial charge in [-0.15, -0.1) is 0 Å². The Labute approximate surface area is 200 Å². The lowest BCUT2D eigenvalue weighted by Gasteiger charge is -2.44. The van der Waals surface area contributed by atoms with E-state index >= 15 is 0 Å². The molecular formula is C26H34N4O4. The molecule has 1 aromatic carbocycles. The number of aromatic hydroxyl groups is 1. The zero-order valence-electron chi connectivity index (χ0n) is 20.4. The second-order valence-corrected chi connectivity index (χ2v) is 8.62. The molecule has 8 heteroatoms. The molecule has 0 saturated carbocycles. The molecule has 2 fully saturated rings. The molecule has 3 amide bonds. The number of carbonyl (C=O) groups is 2. The average Bonchev–Trinajstić information content (AvgIpc) is 3.40. The van der Waals surface area contributed by atoms with E-state index in [0.717, 1.165) is 16.8 Å². The first-order valence-corrected chi connectivity index (χ1v) is 12.1. The molecule has 1 aromatic heterocycles. The van der Waals surface area contributed by atoms with Crippen LogP contribution in [0.5, 0.6) is 11.5 Å². The van der Waals surface area contributed by atoms with Crippen LogP contribution in [0.15, 0.2) is 42.4 Å². The van der Waals surface area contributed by atoms with Crippen molar-refractivity contribution in [2.45, 2.75) is 52.1 Å². The van der Waals surface area contributed by atoms with Gasteiger partial charge in [0.15, 0.2) is 0 Å².